The third-order valence-electron chi connectivity index (χ3n) is 4.82. The number of carbonyl (C=O) groups excluding carboxylic acids is 1. The van der Waals surface area contributed by atoms with Gasteiger partial charge in [-0.2, -0.15) is 4.31 Å². The molecule has 1 heterocycles. The van der Waals surface area contributed by atoms with Crippen LogP contribution in [-0.2, 0) is 20.6 Å². The van der Waals surface area contributed by atoms with Gasteiger partial charge >= 0.3 is 5.97 Å². The summed E-state index contributed by atoms with van der Waals surface area (Å²) in [6, 6.07) is 11.0. The zero-order valence-corrected chi connectivity index (χ0v) is 19.1. The number of piperidine rings is 1. The molecule has 2 aromatic rings. The fourth-order valence-corrected chi connectivity index (χ4v) is 6.07. The van der Waals surface area contributed by atoms with Crippen molar-refractivity contribution in [2.75, 3.05) is 24.2 Å². The van der Waals surface area contributed by atoms with E-state index in [0.717, 1.165) is 24.8 Å². The summed E-state index contributed by atoms with van der Waals surface area (Å²) in [6.07, 6.45) is 2.65. The maximum absolute atomic E-state index is 12.9. The molecule has 1 aliphatic heterocycles. The molecule has 0 aromatic heterocycles. The minimum absolute atomic E-state index is 0.00740. The molecule has 2 aromatic carbocycles. The molecule has 7 nitrogen and oxygen atoms in total. The number of sulfonamides is 1. The molecule has 0 aliphatic carbocycles. The standard InChI is InChI=1S/C21H23ClN2O5S2/c22-18-8-7-17(12-19(18)31(28,29)24-9-2-1-3-10-24)23-20(25)14-30-13-15-5-4-6-16(11-15)21(26)27/h4-8,11-12H,1-3,9-10,13-14H2,(H,23,25)(H,26,27). The van der Waals surface area contributed by atoms with Crippen LogP contribution in [0.4, 0.5) is 5.69 Å². The molecule has 166 valence electrons. The molecule has 0 bridgehead atoms. The van der Waals surface area contributed by atoms with E-state index < -0.39 is 16.0 Å². The highest BCUT2D eigenvalue weighted by Gasteiger charge is 2.28. The predicted molar refractivity (Wildman–Crippen MR) is 122 cm³/mol. The Kier molecular flexibility index (Phi) is 7.99. The van der Waals surface area contributed by atoms with E-state index in [4.69, 9.17) is 16.7 Å². The summed E-state index contributed by atoms with van der Waals surface area (Å²) in [6.45, 7) is 0.934. The number of nitrogens with one attached hydrogen (secondary N) is 1. The van der Waals surface area contributed by atoms with Crippen molar-refractivity contribution in [1.29, 1.82) is 0 Å². The molecular formula is C21H23ClN2O5S2. The molecule has 0 saturated carbocycles. The lowest BCUT2D eigenvalue weighted by Gasteiger charge is -2.26. The second-order valence-corrected chi connectivity index (χ2v) is 10.5. The van der Waals surface area contributed by atoms with Crippen molar-refractivity contribution in [3.8, 4) is 0 Å². The van der Waals surface area contributed by atoms with Crippen LogP contribution in [0, 0.1) is 0 Å². The summed E-state index contributed by atoms with van der Waals surface area (Å²) in [5.41, 5.74) is 1.36. The van der Waals surface area contributed by atoms with Crippen LogP contribution in [0.15, 0.2) is 47.4 Å². The van der Waals surface area contributed by atoms with Crippen LogP contribution < -0.4 is 5.32 Å². The topological polar surface area (TPSA) is 104 Å². The van der Waals surface area contributed by atoms with Crippen molar-refractivity contribution in [3.05, 3.63) is 58.6 Å². The predicted octanol–water partition coefficient (Wildman–Crippen LogP) is 4.08. The van der Waals surface area contributed by atoms with E-state index in [1.54, 1.807) is 24.3 Å². The molecule has 1 aliphatic rings. The SMILES string of the molecule is O=C(CSCc1cccc(C(=O)O)c1)Nc1ccc(Cl)c(S(=O)(=O)N2CCCCC2)c1. The minimum atomic E-state index is -3.72. The van der Waals surface area contributed by atoms with E-state index in [0.29, 0.717) is 24.5 Å². The van der Waals surface area contributed by atoms with E-state index in [1.165, 1.54) is 34.3 Å². The smallest absolute Gasteiger partial charge is 0.335 e. The van der Waals surface area contributed by atoms with Crippen LogP contribution in [0.25, 0.3) is 0 Å². The van der Waals surface area contributed by atoms with Gasteiger partial charge < -0.3 is 10.4 Å². The number of rotatable bonds is 8. The highest BCUT2D eigenvalue weighted by atomic mass is 35.5. The molecule has 0 unspecified atom stereocenters. The normalized spacial score (nSPS) is 14.9. The van der Waals surface area contributed by atoms with Gasteiger partial charge in [-0.3, -0.25) is 4.79 Å². The lowest BCUT2D eigenvalue weighted by molar-refractivity contribution is -0.113. The maximum atomic E-state index is 12.9. The Morgan fingerprint density at radius 3 is 2.55 bits per heavy atom. The molecule has 31 heavy (non-hydrogen) atoms. The highest BCUT2D eigenvalue weighted by Crippen LogP contribution is 2.29. The number of carboxylic acid groups (broad SMARTS) is 1. The van der Waals surface area contributed by atoms with Crippen LogP contribution >= 0.6 is 23.4 Å². The molecule has 0 radical (unpaired) electrons. The fourth-order valence-electron chi connectivity index (χ4n) is 3.28. The van der Waals surface area contributed by atoms with Crippen molar-refractivity contribution >= 4 is 50.9 Å². The van der Waals surface area contributed by atoms with Crippen LogP contribution in [0.2, 0.25) is 5.02 Å². The Bertz CT molecular complexity index is 1070. The zero-order valence-electron chi connectivity index (χ0n) is 16.7. The number of amides is 1. The van der Waals surface area contributed by atoms with Gasteiger partial charge in [0.15, 0.2) is 0 Å². The van der Waals surface area contributed by atoms with Gasteiger partial charge in [-0.1, -0.05) is 30.2 Å². The third kappa shape index (κ3) is 6.22. The van der Waals surface area contributed by atoms with Gasteiger partial charge in [0.05, 0.1) is 16.3 Å². The average Bonchev–Trinajstić information content (AvgIpc) is 2.76. The molecule has 3 rings (SSSR count). The number of carboxylic acids is 1. The van der Waals surface area contributed by atoms with E-state index >= 15 is 0 Å². The Morgan fingerprint density at radius 1 is 1.10 bits per heavy atom. The number of hydrogen-bond donors (Lipinski definition) is 2. The monoisotopic (exact) mass is 482 g/mol. The summed E-state index contributed by atoms with van der Waals surface area (Å²) in [7, 11) is -3.72. The largest absolute Gasteiger partial charge is 0.478 e. The summed E-state index contributed by atoms with van der Waals surface area (Å²) in [4.78, 5) is 23.3. The second kappa shape index (κ2) is 10.5. The van der Waals surface area contributed by atoms with Crippen LogP contribution in [-0.4, -0.2) is 48.5 Å². The zero-order chi connectivity index (χ0) is 22.4. The average molecular weight is 483 g/mol. The molecule has 10 heteroatoms. The van der Waals surface area contributed by atoms with Crippen molar-refractivity contribution < 1.29 is 23.1 Å². The summed E-state index contributed by atoms with van der Waals surface area (Å²) in [5, 5.41) is 11.9. The van der Waals surface area contributed by atoms with E-state index in [-0.39, 0.29) is 27.1 Å². The summed E-state index contributed by atoms with van der Waals surface area (Å²) < 4.78 is 27.3. The first kappa shape index (κ1) is 23.6. The Balaban J connectivity index is 1.61. The van der Waals surface area contributed by atoms with Gasteiger partial charge in [0.1, 0.15) is 4.90 Å². The highest BCUT2D eigenvalue weighted by molar-refractivity contribution is 7.99. The lowest BCUT2D eigenvalue weighted by Crippen LogP contribution is -2.35. The van der Waals surface area contributed by atoms with E-state index in [9.17, 15) is 18.0 Å². The second-order valence-electron chi connectivity index (χ2n) is 7.16. The Labute approximate surface area is 190 Å². The minimum Gasteiger partial charge on any atom is -0.478 e. The van der Waals surface area contributed by atoms with Gasteiger partial charge in [-0.05, 0) is 48.7 Å². The Hall–Kier alpha value is -2.07. The van der Waals surface area contributed by atoms with Gasteiger partial charge in [-0.15, -0.1) is 11.8 Å². The van der Waals surface area contributed by atoms with Gasteiger partial charge in [0, 0.05) is 24.5 Å². The third-order valence-corrected chi connectivity index (χ3v) is 8.21. The number of thioether (sulfide) groups is 1. The molecule has 1 amide bonds. The van der Waals surface area contributed by atoms with Crippen molar-refractivity contribution in [2.24, 2.45) is 0 Å². The van der Waals surface area contributed by atoms with Crippen molar-refractivity contribution in [2.45, 2.75) is 29.9 Å². The summed E-state index contributed by atoms with van der Waals surface area (Å²) >= 11 is 7.49. The number of nitrogens with zero attached hydrogens (tertiary/aromatic N) is 1. The number of halogens is 1. The summed E-state index contributed by atoms with van der Waals surface area (Å²) in [5.74, 6) is -0.677. The van der Waals surface area contributed by atoms with Crippen molar-refractivity contribution in [1.82, 2.24) is 4.31 Å². The number of anilines is 1. The maximum Gasteiger partial charge on any atom is 0.335 e. The lowest BCUT2D eigenvalue weighted by atomic mass is 10.1. The molecule has 1 fully saturated rings. The molecule has 0 atom stereocenters. The van der Waals surface area contributed by atoms with E-state index in [2.05, 4.69) is 5.32 Å². The van der Waals surface area contributed by atoms with Gasteiger partial charge in [0.25, 0.3) is 0 Å². The van der Waals surface area contributed by atoms with Crippen molar-refractivity contribution in [3.63, 3.8) is 0 Å². The van der Waals surface area contributed by atoms with E-state index in [1.807, 2.05) is 0 Å². The van der Waals surface area contributed by atoms with Gasteiger partial charge in [0.2, 0.25) is 15.9 Å². The molecule has 2 N–H and O–H groups in total. The van der Waals surface area contributed by atoms with Crippen LogP contribution in [0.3, 0.4) is 0 Å². The van der Waals surface area contributed by atoms with Gasteiger partial charge in [-0.25, -0.2) is 13.2 Å². The number of carbonyl (C=O) groups is 2. The first-order chi connectivity index (χ1) is 14.8. The molecular weight excluding hydrogens is 460 g/mol. The quantitative estimate of drug-likeness (QED) is 0.587. The Morgan fingerprint density at radius 2 is 1.84 bits per heavy atom. The molecule has 1 saturated heterocycles. The van der Waals surface area contributed by atoms with Crippen LogP contribution in [0.1, 0.15) is 35.2 Å². The number of benzene rings is 2. The number of hydrogen-bond acceptors (Lipinski definition) is 5. The molecule has 0 spiro atoms. The van der Waals surface area contributed by atoms with Crippen LogP contribution in [0.5, 0.6) is 0 Å². The first-order valence-corrected chi connectivity index (χ1v) is 12.7. The first-order valence-electron chi connectivity index (χ1n) is 9.77. The fraction of sp³-hybridized carbons (Fsp3) is 0.333. The number of aromatic carboxylic acids is 1.